The highest BCUT2D eigenvalue weighted by atomic mass is 16.1. The SMILES string of the molecule is Cn1cnc2cc(C(=O)c3cccc(CN)c3)ccc21. The number of hydrogen-bond donors (Lipinski definition) is 1. The number of hydrogen-bond acceptors (Lipinski definition) is 3. The van der Waals surface area contributed by atoms with Gasteiger partial charge in [-0.3, -0.25) is 4.79 Å². The molecule has 0 aliphatic carbocycles. The van der Waals surface area contributed by atoms with Gasteiger partial charge < -0.3 is 10.3 Å². The first kappa shape index (κ1) is 12.6. The number of fused-ring (bicyclic) bond motifs is 1. The second-order valence-corrected chi connectivity index (χ2v) is 4.79. The molecule has 0 atom stereocenters. The summed E-state index contributed by atoms with van der Waals surface area (Å²) >= 11 is 0. The van der Waals surface area contributed by atoms with E-state index in [9.17, 15) is 4.79 Å². The number of aromatic nitrogens is 2. The van der Waals surface area contributed by atoms with Crippen molar-refractivity contribution in [1.82, 2.24) is 9.55 Å². The van der Waals surface area contributed by atoms with Crippen LogP contribution in [-0.2, 0) is 13.6 Å². The van der Waals surface area contributed by atoms with Gasteiger partial charge in [-0.15, -0.1) is 0 Å². The molecule has 0 fully saturated rings. The van der Waals surface area contributed by atoms with Gasteiger partial charge in [0.15, 0.2) is 5.78 Å². The smallest absolute Gasteiger partial charge is 0.193 e. The van der Waals surface area contributed by atoms with Crippen LogP contribution >= 0.6 is 0 Å². The Hall–Kier alpha value is -2.46. The minimum Gasteiger partial charge on any atom is -0.334 e. The number of nitrogens with two attached hydrogens (primary N) is 1. The van der Waals surface area contributed by atoms with Crippen molar-refractivity contribution in [3.8, 4) is 0 Å². The molecular weight excluding hydrogens is 250 g/mol. The number of carbonyl (C=O) groups is 1. The molecule has 0 aliphatic rings. The molecule has 0 saturated heterocycles. The molecule has 0 amide bonds. The number of benzene rings is 2. The lowest BCUT2D eigenvalue weighted by Gasteiger charge is -2.04. The number of aryl methyl sites for hydroxylation is 1. The Balaban J connectivity index is 2.03. The molecule has 1 heterocycles. The van der Waals surface area contributed by atoms with Gasteiger partial charge in [0.05, 0.1) is 17.4 Å². The molecule has 0 saturated carbocycles. The lowest BCUT2D eigenvalue weighted by molar-refractivity contribution is 0.103. The zero-order valence-electron chi connectivity index (χ0n) is 11.2. The second-order valence-electron chi connectivity index (χ2n) is 4.79. The minimum atomic E-state index is -0.00662. The van der Waals surface area contributed by atoms with Crippen LogP contribution in [0, 0.1) is 0 Å². The summed E-state index contributed by atoms with van der Waals surface area (Å²) < 4.78 is 1.93. The number of carbonyl (C=O) groups excluding carboxylic acids is 1. The molecule has 2 N–H and O–H groups in total. The summed E-state index contributed by atoms with van der Waals surface area (Å²) in [5.74, 6) is -0.00662. The molecule has 3 aromatic rings. The molecule has 1 aromatic heterocycles. The summed E-state index contributed by atoms with van der Waals surface area (Å²) in [5.41, 5.74) is 9.70. The highest BCUT2D eigenvalue weighted by molar-refractivity contribution is 6.10. The highest BCUT2D eigenvalue weighted by Gasteiger charge is 2.11. The Kier molecular flexibility index (Phi) is 3.08. The summed E-state index contributed by atoms with van der Waals surface area (Å²) in [7, 11) is 1.93. The van der Waals surface area contributed by atoms with Gasteiger partial charge in [-0.25, -0.2) is 4.98 Å². The van der Waals surface area contributed by atoms with Crippen molar-refractivity contribution in [2.45, 2.75) is 6.54 Å². The Labute approximate surface area is 116 Å². The molecule has 0 unspecified atom stereocenters. The van der Waals surface area contributed by atoms with E-state index in [0.717, 1.165) is 16.6 Å². The second kappa shape index (κ2) is 4.90. The van der Waals surface area contributed by atoms with Crippen LogP contribution < -0.4 is 5.73 Å². The fourth-order valence-electron chi connectivity index (χ4n) is 2.28. The molecule has 3 rings (SSSR count). The van der Waals surface area contributed by atoms with Gasteiger partial charge in [-0.05, 0) is 29.8 Å². The summed E-state index contributed by atoms with van der Waals surface area (Å²) in [6.07, 6.45) is 1.74. The Morgan fingerprint density at radius 2 is 2.00 bits per heavy atom. The molecule has 4 nitrogen and oxygen atoms in total. The molecule has 0 spiro atoms. The normalized spacial score (nSPS) is 10.9. The number of ketones is 1. The van der Waals surface area contributed by atoms with Gasteiger partial charge in [0.2, 0.25) is 0 Å². The van der Waals surface area contributed by atoms with Crippen LogP contribution in [0.2, 0.25) is 0 Å². The third-order valence-corrected chi connectivity index (χ3v) is 3.41. The van der Waals surface area contributed by atoms with Crippen molar-refractivity contribution in [2.24, 2.45) is 12.8 Å². The molecule has 4 heteroatoms. The van der Waals surface area contributed by atoms with Gasteiger partial charge in [0, 0.05) is 24.7 Å². The fourth-order valence-corrected chi connectivity index (χ4v) is 2.28. The average Bonchev–Trinajstić information content (AvgIpc) is 2.87. The Morgan fingerprint density at radius 1 is 1.20 bits per heavy atom. The van der Waals surface area contributed by atoms with E-state index in [1.807, 2.05) is 54.1 Å². The summed E-state index contributed by atoms with van der Waals surface area (Å²) in [4.78, 5) is 16.8. The van der Waals surface area contributed by atoms with Crippen LogP contribution in [0.1, 0.15) is 21.5 Å². The minimum absolute atomic E-state index is 0.00662. The van der Waals surface area contributed by atoms with Crippen LogP contribution in [0.4, 0.5) is 0 Å². The van der Waals surface area contributed by atoms with E-state index >= 15 is 0 Å². The number of rotatable bonds is 3. The molecule has 2 aromatic carbocycles. The lowest BCUT2D eigenvalue weighted by Crippen LogP contribution is -2.04. The summed E-state index contributed by atoms with van der Waals surface area (Å²) in [6, 6.07) is 13.0. The first-order chi connectivity index (χ1) is 9.69. The van der Waals surface area contributed by atoms with E-state index < -0.39 is 0 Å². The predicted octanol–water partition coefficient (Wildman–Crippen LogP) is 2.26. The first-order valence-corrected chi connectivity index (χ1v) is 6.44. The van der Waals surface area contributed by atoms with E-state index in [1.54, 1.807) is 6.33 Å². The average molecular weight is 265 g/mol. The third-order valence-electron chi connectivity index (χ3n) is 3.41. The zero-order valence-corrected chi connectivity index (χ0v) is 11.2. The van der Waals surface area contributed by atoms with Crippen LogP contribution in [0.5, 0.6) is 0 Å². The standard InChI is InChI=1S/C16H15N3O/c1-19-10-18-14-8-13(5-6-15(14)19)16(20)12-4-2-3-11(7-12)9-17/h2-8,10H,9,17H2,1H3. The van der Waals surface area contributed by atoms with Crippen molar-refractivity contribution < 1.29 is 4.79 Å². The van der Waals surface area contributed by atoms with Crippen molar-refractivity contribution >= 4 is 16.8 Å². The lowest BCUT2D eigenvalue weighted by atomic mass is 10.0. The Morgan fingerprint density at radius 3 is 2.80 bits per heavy atom. The van der Waals surface area contributed by atoms with E-state index in [4.69, 9.17) is 5.73 Å². The third kappa shape index (κ3) is 2.10. The molecule has 20 heavy (non-hydrogen) atoms. The van der Waals surface area contributed by atoms with E-state index in [-0.39, 0.29) is 5.78 Å². The van der Waals surface area contributed by atoms with Crippen molar-refractivity contribution in [1.29, 1.82) is 0 Å². The number of imidazole rings is 1. The molecule has 0 bridgehead atoms. The van der Waals surface area contributed by atoms with Crippen LogP contribution in [0.3, 0.4) is 0 Å². The molecular formula is C16H15N3O. The predicted molar refractivity (Wildman–Crippen MR) is 78.5 cm³/mol. The maximum Gasteiger partial charge on any atom is 0.193 e. The van der Waals surface area contributed by atoms with E-state index in [1.165, 1.54) is 0 Å². The van der Waals surface area contributed by atoms with Gasteiger partial charge in [0.1, 0.15) is 0 Å². The van der Waals surface area contributed by atoms with Gasteiger partial charge in [-0.1, -0.05) is 18.2 Å². The topological polar surface area (TPSA) is 60.9 Å². The number of nitrogens with zero attached hydrogens (tertiary/aromatic N) is 2. The maximum atomic E-state index is 12.5. The largest absolute Gasteiger partial charge is 0.334 e. The van der Waals surface area contributed by atoms with Crippen molar-refractivity contribution in [3.05, 3.63) is 65.5 Å². The van der Waals surface area contributed by atoms with Gasteiger partial charge in [0.25, 0.3) is 0 Å². The van der Waals surface area contributed by atoms with Crippen molar-refractivity contribution in [2.75, 3.05) is 0 Å². The quantitative estimate of drug-likeness (QED) is 0.739. The summed E-state index contributed by atoms with van der Waals surface area (Å²) in [6.45, 7) is 0.431. The molecule has 0 aliphatic heterocycles. The van der Waals surface area contributed by atoms with Gasteiger partial charge in [-0.2, -0.15) is 0 Å². The van der Waals surface area contributed by atoms with Crippen molar-refractivity contribution in [3.63, 3.8) is 0 Å². The van der Waals surface area contributed by atoms with Crippen LogP contribution in [-0.4, -0.2) is 15.3 Å². The van der Waals surface area contributed by atoms with Crippen LogP contribution in [0.15, 0.2) is 48.8 Å². The fraction of sp³-hybridized carbons (Fsp3) is 0.125. The van der Waals surface area contributed by atoms with E-state index in [0.29, 0.717) is 17.7 Å². The monoisotopic (exact) mass is 265 g/mol. The van der Waals surface area contributed by atoms with E-state index in [2.05, 4.69) is 4.98 Å². The first-order valence-electron chi connectivity index (χ1n) is 6.44. The zero-order chi connectivity index (χ0) is 14.1. The molecule has 0 radical (unpaired) electrons. The van der Waals surface area contributed by atoms with Gasteiger partial charge >= 0.3 is 0 Å². The maximum absolute atomic E-state index is 12.5. The summed E-state index contributed by atoms with van der Waals surface area (Å²) in [5, 5.41) is 0. The highest BCUT2D eigenvalue weighted by Crippen LogP contribution is 2.17. The Bertz CT molecular complexity index is 789. The van der Waals surface area contributed by atoms with Crippen LogP contribution in [0.25, 0.3) is 11.0 Å². The molecule has 100 valence electrons.